The quantitative estimate of drug-likeness (QED) is 0.740. The van der Waals surface area contributed by atoms with Crippen molar-refractivity contribution in [2.45, 2.75) is 0 Å². The standard InChI is InChI=1S/C10H10S4/c1-13-9(11)7-5-3-4-6-8(7)10(12)14-2/h3-6H,1-2H3. The van der Waals surface area contributed by atoms with Crippen LogP contribution in [0.1, 0.15) is 11.1 Å². The molecule has 0 radical (unpaired) electrons. The molecule has 0 amide bonds. The van der Waals surface area contributed by atoms with Crippen molar-refractivity contribution in [2.75, 3.05) is 12.5 Å². The lowest BCUT2D eigenvalue weighted by atomic mass is 10.1. The van der Waals surface area contributed by atoms with Crippen molar-refractivity contribution < 1.29 is 0 Å². The van der Waals surface area contributed by atoms with E-state index in [1.54, 1.807) is 23.5 Å². The van der Waals surface area contributed by atoms with Crippen LogP contribution in [-0.4, -0.2) is 20.9 Å². The number of thiocarbonyl (C=S) groups is 2. The van der Waals surface area contributed by atoms with Crippen molar-refractivity contribution in [2.24, 2.45) is 0 Å². The van der Waals surface area contributed by atoms with Crippen LogP contribution in [0.4, 0.5) is 0 Å². The Kier molecular flexibility index (Phi) is 5.09. The molecule has 0 aromatic heterocycles. The van der Waals surface area contributed by atoms with Crippen LogP contribution < -0.4 is 0 Å². The minimum atomic E-state index is 0.900. The zero-order valence-corrected chi connectivity index (χ0v) is 11.2. The van der Waals surface area contributed by atoms with Crippen LogP contribution in [0, 0.1) is 0 Å². The molecule has 14 heavy (non-hydrogen) atoms. The predicted octanol–water partition coefficient (Wildman–Crippen LogP) is 3.76. The molecule has 0 N–H and O–H groups in total. The summed E-state index contributed by atoms with van der Waals surface area (Å²) in [5, 5.41) is 0. The van der Waals surface area contributed by atoms with Crippen LogP contribution in [-0.2, 0) is 0 Å². The third-order valence-electron chi connectivity index (χ3n) is 1.74. The Morgan fingerprint density at radius 3 is 1.57 bits per heavy atom. The van der Waals surface area contributed by atoms with Gasteiger partial charge in [-0.25, -0.2) is 0 Å². The summed E-state index contributed by atoms with van der Waals surface area (Å²) in [5.74, 6) is 0. The third-order valence-corrected chi connectivity index (χ3v) is 4.36. The molecule has 0 fully saturated rings. The summed E-state index contributed by atoms with van der Waals surface area (Å²) >= 11 is 13.7. The maximum Gasteiger partial charge on any atom is 0.0782 e. The van der Waals surface area contributed by atoms with E-state index < -0.39 is 0 Å². The van der Waals surface area contributed by atoms with Crippen molar-refractivity contribution in [3.63, 3.8) is 0 Å². The van der Waals surface area contributed by atoms with E-state index in [0.29, 0.717) is 0 Å². The molecule has 0 unspecified atom stereocenters. The number of rotatable bonds is 2. The average molecular weight is 258 g/mol. The zero-order chi connectivity index (χ0) is 10.6. The molecule has 1 rings (SSSR count). The molecule has 0 atom stereocenters. The Labute approximate surface area is 104 Å². The summed E-state index contributed by atoms with van der Waals surface area (Å²) in [7, 11) is 0. The van der Waals surface area contributed by atoms with E-state index in [9.17, 15) is 0 Å². The summed E-state index contributed by atoms with van der Waals surface area (Å²) in [6, 6.07) is 8.03. The van der Waals surface area contributed by atoms with E-state index in [1.807, 2.05) is 36.8 Å². The molecule has 0 saturated carbocycles. The van der Waals surface area contributed by atoms with Crippen LogP contribution in [0.3, 0.4) is 0 Å². The fourth-order valence-corrected chi connectivity index (χ4v) is 2.21. The smallest absolute Gasteiger partial charge is 0.0782 e. The van der Waals surface area contributed by atoms with E-state index in [1.165, 1.54) is 0 Å². The van der Waals surface area contributed by atoms with Crippen LogP contribution in [0.2, 0.25) is 0 Å². The van der Waals surface area contributed by atoms with Gasteiger partial charge in [-0.05, 0) is 12.5 Å². The number of thioether (sulfide) groups is 2. The van der Waals surface area contributed by atoms with E-state index in [2.05, 4.69) is 0 Å². The van der Waals surface area contributed by atoms with Crippen LogP contribution >= 0.6 is 48.0 Å². The van der Waals surface area contributed by atoms with E-state index in [0.717, 1.165) is 19.5 Å². The maximum absolute atomic E-state index is 5.27. The molecule has 0 aliphatic carbocycles. The van der Waals surface area contributed by atoms with Gasteiger partial charge in [0.15, 0.2) is 0 Å². The van der Waals surface area contributed by atoms with E-state index in [-0.39, 0.29) is 0 Å². The Balaban J connectivity index is 3.15. The lowest BCUT2D eigenvalue weighted by molar-refractivity contribution is 1.66. The Hall–Kier alpha value is 0.1000. The van der Waals surface area contributed by atoms with Gasteiger partial charge in [0.1, 0.15) is 0 Å². The molecule has 0 spiro atoms. The minimum absolute atomic E-state index is 0.900. The van der Waals surface area contributed by atoms with Gasteiger partial charge in [-0.1, -0.05) is 48.7 Å². The second-order valence-corrected chi connectivity index (χ2v) is 5.50. The highest BCUT2D eigenvalue weighted by Crippen LogP contribution is 2.20. The Bertz CT molecular complexity index is 322. The Morgan fingerprint density at radius 1 is 0.929 bits per heavy atom. The van der Waals surface area contributed by atoms with Crippen LogP contribution in [0.25, 0.3) is 0 Å². The molecule has 74 valence electrons. The second-order valence-electron chi connectivity index (χ2n) is 2.53. The van der Waals surface area contributed by atoms with Gasteiger partial charge in [-0.3, -0.25) is 0 Å². The second kappa shape index (κ2) is 5.85. The molecule has 4 heteroatoms. The first kappa shape index (κ1) is 12.2. The summed E-state index contributed by atoms with van der Waals surface area (Å²) in [4.78, 5) is 0. The number of benzene rings is 1. The van der Waals surface area contributed by atoms with Gasteiger partial charge in [0, 0.05) is 11.1 Å². The molecule has 1 aromatic carbocycles. The molecular weight excluding hydrogens is 248 g/mol. The summed E-state index contributed by atoms with van der Waals surface area (Å²) in [5.41, 5.74) is 2.16. The fraction of sp³-hybridized carbons (Fsp3) is 0.200. The summed E-state index contributed by atoms with van der Waals surface area (Å²) < 4.78 is 1.80. The van der Waals surface area contributed by atoms with E-state index >= 15 is 0 Å². The largest absolute Gasteiger partial charge is 0.117 e. The van der Waals surface area contributed by atoms with Crippen LogP contribution in [0.5, 0.6) is 0 Å². The lowest BCUT2D eigenvalue weighted by Crippen LogP contribution is -2.01. The molecule has 0 aliphatic heterocycles. The molecule has 1 aromatic rings. The van der Waals surface area contributed by atoms with Gasteiger partial charge in [0.05, 0.1) is 8.39 Å². The maximum atomic E-state index is 5.27. The van der Waals surface area contributed by atoms with Crippen molar-refractivity contribution in [1.29, 1.82) is 0 Å². The third kappa shape index (κ3) is 2.79. The first-order valence-electron chi connectivity index (χ1n) is 3.96. The topological polar surface area (TPSA) is 0 Å². The van der Waals surface area contributed by atoms with Crippen molar-refractivity contribution in [3.8, 4) is 0 Å². The molecule has 0 aliphatic rings. The normalized spacial score (nSPS) is 9.86. The number of hydrogen-bond acceptors (Lipinski definition) is 4. The SMILES string of the molecule is CSC(=S)c1ccccc1C(=S)SC. The molecular formula is C10H10S4. The highest BCUT2D eigenvalue weighted by atomic mass is 32.2. The predicted molar refractivity (Wildman–Crippen MR) is 76.9 cm³/mol. The Morgan fingerprint density at radius 2 is 1.29 bits per heavy atom. The fourth-order valence-electron chi connectivity index (χ4n) is 1.06. The first-order valence-corrected chi connectivity index (χ1v) is 7.23. The molecule has 0 saturated heterocycles. The van der Waals surface area contributed by atoms with E-state index in [4.69, 9.17) is 24.4 Å². The van der Waals surface area contributed by atoms with Gasteiger partial charge in [0.25, 0.3) is 0 Å². The molecule has 0 bridgehead atoms. The monoisotopic (exact) mass is 258 g/mol. The van der Waals surface area contributed by atoms with Gasteiger partial charge in [-0.15, -0.1) is 23.5 Å². The lowest BCUT2D eigenvalue weighted by Gasteiger charge is -2.08. The highest BCUT2D eigenvalue weighted by molar-refractivity contribution is 8.24. The van der Waals surface area contributed by atoms with Gasteiger partial charge in [-0.2, -0.15) is 0 Å². The summed E-state index contributed by atoms with van der Waals surface area (Å²) in [6.45, 7) is 0. The van der Waals surface area contributed by atoms with Gasteiger partial charge in [0.2, 0.25) is 0 Å². The average Bonchev–Trinajstić information content (AvgIpc) is 2.27. The van der Waals surface area contributed by atoms with Crippen molar-refractivity contribution >= 4 is 56.4 Å². The molecule has 0 heterocycles. The van der Waals surface area contributed by atoms with Crippen LogP contribution in [0.15, 0.2) is 24.3 Å². The van der Waals surface area contributed by atoms with Crippen molar-refractivity contribution in [3.05, 3.63) is 35.4 Å². The minimum Gasteiger partial charge on any atom is -0.117 e. The molecule has 0 nitrogen and oxygen atoms in total. The summed E-state index contributed by atoms with van der Waals surface area (Å²) in [6.07, 6.45) is 3.97. The van der Waals surface area contributed by atoms with Gasteiger partial charge >= 0.3 is 0 Å². The van der Waals surface area contributed by atoms with Gasteiger partial charge < -0.3 is 0 Å². The first-order chi connectivity index (χ1) is 6.70. The zero-order valence-electron chi connectivity index (χ0n) is 7.94. The van der Waals surface area contributed by atoms with Crippen molar-refractivity contribution in [1.82, 2.24) is 0 Å². The highest BCUT2D eigenvalue weighted by Gasteiger charge is 2.09. The number of hydrogen-bond donors (Lipinski definition) is 0.